The Morgan fingerprint density at radius 3 is 2.78 bits per heavy atom. The van der Waals surface area contributed by atoms with Gasteiger partial charge in [-0.15, -0.1) is 0 Å². The lowest BCUT2D eigenvalue weighted by Crippen LogP contribution is -2.29. The van der Waals surface area contributed by atoms with Gasteiger partial charge < -0.3 is 19.5 Å². The van der Waals surface area contributed by atoms with Crippen LogP contribution in [0, 0.1) is 0 Å². The molecule has 0 radical (unpaired) electrons. The predicted molar refractivity (Wildman–Crippen MR) is 74.8 cm³/mol. The quantitative estimate of drug-likeness (QED) is 0.766. The van der Waals surface area contributed by atoms with E-state index in [1.807, 2.05) is 27.3 Å². The zero-order chi connectivity index (χ0) is 13.5. The summed E-state index contributed by atoms with van der Waals surface area (Å²) in [5.41, 5.74) is 0.634. The summed E-state index contributed by atoms with van der Waals surface area (Å²) in [7, 11) is 5.84. The zero-order valence-corrected chi connectivity index (χ0v) is 12.7. The van der Waals surface area contributed by atoms with Gasteiger partial charge in [-0.1, -0.05) is 0 Å². The minimum Gasteiger partial charge on any atom is -0.378 e. The van der Waals surface area contributed by atoms with Crippen LogP contribution in [0.4, 0.5) is 0 Å². The number of aryl methyl sites for hydroxylation is 1. The minimum atomic E-state index is -0.0839. The van der Waals surface area contributed by atoms with Gasteiger partial charge in [0.05, 0.1) is 13.2 Å². The van der Waals surface area contributed by atoms with Gasteiger partial charge in [0.1, 0.15) is 5.69 Å². The average molecular weight is 318 g/mol. The molecular formula is C12H20BrN3O2. The van der Waals surface area contributed by atoms with E-state index < -0.39 is 0 Å². The third-order valence-corrected chi connectivity index (χ3v) is 2.85. The highest BCUT2D eigenvalue weighted by atomic mass is 79.9. The van der Waals surface area contributed by atoms with Crippen LogP contribution in [-0.4, -0.2) is 55.8 Å². The molecule has 0 fully saturated rings. The molecule has 0 aromatic carbocycles. The standard InChI is InChI=1S/C12H20BrN3O2/c1-15(2)5-7-18-6-4-14-12(17)11-8-10(13)9-16(11)3/h8-9H,4-7H2,1-3H3,(H,14,17). The van der Waals surface area contributed by atoms with Gasteiger partial charge in [0.15, 0.2) is 0 Å². The first-order valence-corrected chi connectivity index (χ1v) is 6.62. The van der Waals surface area contributed by atoms with Crippen LogP contribution in [0.15, 0.2) is 16.7 Å². The van der Waals surface area contributed by atoms with Crippen LogP contribution in [-0.2, 0) is 11.8 Å². The fourth-order valence-electron chi connectivity index (χ4n) is 1.43. The molecule has 1 aromatic heterocycles. The highest BCUT2D eigenvalue weighted by Gasteiger charge is 2.09. The van der Waals surface area contributed by atoms with Gasteiger partial charge in [-0.3, -0.25) is 4.79 Å². The van der Waals surface area contributed by atoms with Crippen LogP contribution in [0.3, 0.4) is 0 Å². The molecule has 1 N–H and O–H groups in total. The van der Waals surface area contributed by atoms with E-state index in [4.69, 9.17) is 4.74 Å². The normalized spacial score (nSPS) is 10.9. The molecule has 0 spiro atoms. The van der Waals surface area contributed by atoms with Crippen molar-refractivity contribution < 1.29 is 9.53 Å². The molecule has 0 aliphatic rings. The van der Waals surface area contributed by atoms with E-state index in [0.29, 0.717) is 25.5 Å². The van der Waals surface area contributed by atoms with Crippen molar-refractivity contribution in [1.82, 2.24) is 14.8 Å². The summed E-state index contributed by atoms with van der Waals surface area (Å²) in [5, 5.41) is 2.82. The smallest absolute Gasteiger partial charge is 0.268 e. The van der Waals surface area contributed by atoms with Crippen molar-refractivity contribution in [1.29, 1.82) is 0 Å². The van der Waals surface area contributed by atoms with Crippen molar-refractivity contribution in [3.8, 4) is 0 Å². The summed E-state index contributed by atoms with van der Waals surface area (Å²) in [6.45, 7) is 2.62. The Kier molecular flexibility index (Phi) is 6.38. The Balaban J connectivity index is 2.20. The number of halogens is 1. The molecule has 0 unspecified atom stereocenters. The summed E-state index contributed by atoms with van der Waals surface area (Å²) in [6.07, 6.45) is 1.85. The maximum atomic E-state index is 11.8. The lowest BCUT2D eigenvalue weighted by molar-refractivity contribution is 0.0893. The van der Waals surface area contributed by atoms with E-state index in [0.717, 1.165) is 11.0 Å². The van der Waals surface area contributed by atoms with E-state index in [-0.39, 0.29) is 5.91 Å². The molecule has 1 aromatic rings. The van der Waals surface area contributed by atoms with Gasteiger partial charge >= 0.3 is 0 Å². The molecule has 0 bridgehead atoms. The minimum absolute atomic E-state index is 0.0839. The Labute approximate surface area is 116 Å². The predicted octanol–water partition coefficient (Wildman–Crippen LogP) is 1.10. The molecular weight excluding hydrogens is 298 g/mol. The number of ether oxygens (including phenoxy) is 1. The van der Waals surface area contributed by atoms with Crippen molar-refractivity contribution in [3.63, 3.8) is 0 Å². The molecule has 0 atom stereocenters. The number of hydrogen-bond acceptors (Lipinski definition) is 3. The fraction of sp³-hybridized carbons (Fsp3) is 0.583. The van der Waals surface area contributed by atoms with Crippen molar-refractivity contribution in [3.05, 3.63) is 22.4 Å². The molecule has 1 amide bonds. The molecule has 0 aliphatic heterocycles. The molecule has 6 heteroatoms. The Bertz CT molecular complexity index is 391. The maximum Gasteiger partial charge on any atom is 0.268 e. The van der Waals surface area contributed by atoms with E-state index in [1.54, 1.807) is 10.6 Å². The van der Waals surface area contributed by atoms with Crippen LogP contribution in [0.25, 0.3) is 0 Å². The van der Waals surface area contributed by atoms with Crippen molar-refractivity contribution in [2.24, 2.45) is 7.05 Å². The average Bonchev–Trinajstić information content (AvgIpc) is 2.62. The molecule has 0 aliphatic carbocycles. The molecule has 1 rings (SSSR count). The second kappa shape index (κ2) is 7.56. The van der Waals surface area contributed by atoms with Crippen LogP contribution >= 0.6 is 15.9 Å². The number of carbonyl (C=O) groups is 1. The number of nitrogens with zero attached hydrogens (tertiary/aromatic N) is 2. The van der Waals surface area contributed by atoms with Gasteiger partial charge in [0.2, 0.25) is 0 Å². The van der Waals surface area contributed by atoms with Crippen molar-refractivity contribution >= 4 is 21.8 Å². The van der Waals surface area contributed by atoms with Crippen LogP contribution in [0.1, 0.15) is 10.5 Å². The third-order valence-electron chi connectivity index (χ3n) is 2.42. The number of aromatic nitrogens is 1. The van der Waals surface area contributed by atoms with Crippen molar-refractivity contribution in [2.45, 2.75) is 0 Å². The van der Waals surface area contributed by atoms with E-state index in [1.165, 1.54) is 0 Å². The van der Waals surface area contributed by atoms with E-state index in [2.05, 4.69) is 26.1 Å². The summed E-state index contributed by atoms with van der Waals surface area (Å²) in [6, 6.07) is 1.79. The lowest BCUT2D eigenvalue weighted by atomic mass is 10.4. The van der Waals surface area contributed by atoms with E-state index >= 15 is 0 Å². The first-order valence-electron chi connectivity index (χ1n) is 5.83. The maximum absolute atomic E-state index is 11.8. The topological polar surface area (TPSA) is 46.5 Å². The number of carbonyl (C=O) groups excluding carboxylic acids is 1. The van der Waals surface area contributed by atoms with Crippen molar-refractivity contribution in [2.75, 3.05) is 40.4 Å². The Morgan fingerprint density at radius 2 is 2.22 bits per heavy atom. The van der Waals surface area contributed by atoms with Gasteiger partial charge in [0.25, 0.3) is 5.91 Å². The Hall–Kier alpha value is -0.850. The molecule has 5 nitrogen and oxygen atoms in total. The molecule has 0 saturated carbocycles. The number of rotatable bonds is 7. The lowest BCUT2D eigenvalue weighted by Gasteiger charge is -2.10. The highest BCUT2D eigenvalue weighted by molar-refractivity contribution is 9.10. The summed E-state index contributed by atoms with van der Waals surface area (Å²) < 4.78 is 8.08. The van der Waals surface area contributed by atoms with E-state index in [9.17, 15) is 4.79 Å². The Morgan fingerprint density at radius 1 is 1.50 bits per heavy atom. The molecule has 102 valence electrons. The first-order chi connectivity index (χ1) is 8.50. The number of nitrogens with one attached hydrogen (secondary N) is 1. The second-order valence-electron chi connectivity index (χ2n) is 4.33. The second-order valence-corrected chi connectivity index (χ2v) is 5.24. The van der Waals surface area contributed by atoms with Crippen LogP contribution < -0.4 is 5.32 Å². The zero-order valence-electron chi connectivity index (χ0n) is 11.1. The SMILES string of the molecule is CN(C)CCOCCNC(=O)c1cc(Br)cn1C. The molecule has 1 heterocycles. The third kappa shape index (κ3) is 5.20. The van der Waals surface area contributed by atoms with Crippen LogP contribution in [0.5, 0.6) is 0 Å². The van der Waals surface area contributed by atoms with Gasteiger partial charge in [0, 0.05) is 30.8 Å². The van der Waals surface area contributed by atoms with Gasteiger partial charge in [-0.25, -0.2) is 0 Å². The molecule has 18 heavy (non-hydrogen) atoms. The summed E-state index contributed by atoms with van der Waals surface area (Å²) in [5.74, 6) is -0.0839. The largest absolute Gasteiger partial charge is 0.378 e. The number of amides is 1. The summed E-state index contributed by atoms with van der Waals surface area (Å²) >= 11 is 3.34. The van der Waals surface area contributed by atoms with Crippen LogP contribution in [0.2, 0.25) is 0 Å². The number of hydrogen-bond donors (Lipinski definition) is 1. The summed E-state index contributed by atoms with van der Waals surface area (Å²) in [4.78, 5) is 13.9. The monoisotopic (exact) mass is 317 g/mol. The highest BCUT2D eigenvalue weighted by Crippen LogP contribution is 2.13. The number of likely N-dealkylation sites (N-methyl/N-ethyl adjacent to an activating group) is 1. The van der Waals surface area contributed by atoms with Gasteiger partial charge in [-0.2, -0.15) is 0 Å². The van der Waals surface area contributed by atoms with Gasteiger partial charge in [-0.05, 0) is 36.1 Å². The molecule has 0 saturated heterocycles. The fourth-order valence-corrected chi connectivity index (χ4v) is 1.95. The first kappa shape index (κ1) is 15.2.